The molecule has 2 N–H and O–H groups in total. The number of urea groups is 1. The number of nitrogens with one attached hydrogen (secondary N) is 2. The van der Waals surface area contributed by atoms with Gasteiger partial charge < -0.3 is 24.5 Å². The molecule has 4 aromatic rings. The minimum Gasteiger partial charge on any atom is -0.492 e. The van der Waals surface area contributed by atoms with Gasteiger partial charge >= 0.3 is 6.03 Å². The van der Waals surface area contributed by atoms with Crippen molar-refractivity contribution in [2.24, 2.45) is 0 Å². The van der Waals surface area contributed by atoms with Gasteiger partial charge in [-0.15, -0.1) is 0 Å². The number of hydrogen-bond acceptors (Lipinski definition) is 4. The van der Waals surface area contributed by atoms with Crippen molar-refractivity contribution < 1.29 is 9.53 Å². The van der Waals surface area contributed by atoms with Crippen LogP contribution in [-0.2, 0) is 6.54 Å². The lowest BCUT2D eigenvalue weighted by Gasteiger charge is -2.30. The number of imidazole rings is 1. The van der Waals surface area contributed by atoms with Crippen LogP contribution in [0.4, 0.5) is 10.5 Å². The highest BCUT2D eigenvalue weighted by Crippen LogP contribution is 2.43. The summed E-state index contributed by atoms with van der Waals surface area (Å²) in [5.74, 6) is 0.790. The van der Waals surface area contributed by atoms with E-state index in [1.54, 1.807) is 12.5 Å². The van der Waals surface area contributed by atoms with Crippen molar-refractivity contribution in [1.29, 1.82) is 5.26 Å². The molecule has 8 nitrogen and oxygen atoms in total. The van der Waals surface area contributed by atoms with Crippen molar-refractivity contribution in [2.45, 2.75) is 50.7 Å². The number of amides is 2. The molecule has 0 atom stereocenters. The maximum absolute atomic E-state index is 12.1. The maximum atomic E-state index is 12.1. The van der Waals surface area contributed by atoms with Gasteiger partial charge in [0.25, 0.3) is 0 Å². The van der Waals surface area contributed by atoms with Crippen LogP contribution < -0.4 is 15.4 Å². The summed E-state index contributed by atoms with van der Waals surface area (Å²) in [5, 5.41) is 17.0. The molecule has 8 heteroatoms. The topological polar surface area (TPSA) is 96.9 Å². The summed E-state index contributed by atoms with van der Waals surface area (Å²) in [6, 6.07) is 16.7. The molecule has 0 aliphatic heterocycles. The molecular weight excluding hydrogens is 452 g/mol. The monoisotopic (exact) mass is 480 g/mol. The second kappa shape index (κ2) is 9.42. The SMILES string of the molecule is N#Cc1c(-c2ccc(NC(=O)NC3CC3)cc2)n(C2CCC2)c2cc(OCCn3ccnc3)ccc12. The van der Waals surface area contributed by atoms with E-state index in [4.69, 9.17) is 4.74 Å². The lowest BCUT2D eigenvalue weighted by Crippen LogP contribution is -2.30. The number of anilines is 1. The van der Waals surface area contributed by atoms with Gasteiger partial charge in [-0.1, -0.05) is 12.1 Å². The summed E-state index contributed by atoms with van der Waals surface area (Å²) in [5.41, 5.74) is 4.33. The van der Waals surface area contributed by atoms with E-state index in [0.717, 1.165) is 65.8 Å². The van der Waals surface area contributed by atoms with Gasteiger partial charge in [0.05, 0.1) is 29.6 Å². The quantitative estimate of drug-likeness (QED) is 0.350. The Bertz CT molecular complexity index is 1420. The van der Waals surface area contributed by atoms with Crippen molar-refractivity contribution in [3.63, 3.8) is 0 Å². The zero-order chi connectivity index (χ0) is 24.5. The number of hydrogen-bond donors (Lipinski definition) is 2. The Morgan fingerprint density at radius 2 is 1.97 bits per heavy atom. The highest BCUT2D eigenvalue weighted by Gasteiger charge is 2.28. The van der Waals surface area contributed by atoms with E-state index in [0.29, 0.717) is 24.3 Å². The average Bonchev–Trinajstić information content (AvgIpc) is 3.40. The fourth-order valence-electron chi connectivity index (χ4n) is 4.78. The van der Waals surface area contributed by atoms with Gasteiger partial charge in [0.15, 0.2) is 0 Å². The van der Waals surface area contributed by atoms with Crippen LogP contribution in [0.1, 0.15) is 43.7 Å². The van der Waals surface area contributed by atoms with Crippen LogP contribution in [0.5, 0.6) is 5.75 Å². The van der Waals surface area contributed by atoms with E-state index >= 15 is 0 Å². The molecule has 2 aliphatic rings. The van der Waals surface area contributed by atoms with Crippen molar-refractivity contribution in [3.05, 3.63) is 66.7 Å². The van der Waals surface area contributed by atoms with E-state index in [9.17, 15) is 10.1 Å². The molecule has 0 unspecified atom stereocenters. The smallest absolute Gasteiger partial charge is 0.319 e. The van der Waals surface area contributed by atoms with E-state index in [-0.39, 0.29) is 6.03 Å². The van der Waals surface area contributed by atoms with Crippen molar-refractivity contribution in [2.75, 3.05) is 11.9 Å². The van der Waals surface area contributed by atoms with E-state index < -0.39 is 0 Å². The van der Waals surface area contributed by atoms with Crippen LogP contribution in [0, 0.1) is 11.3 Å². The highest BCUT2D eigenvalue weighted by atomic mass is 16.5. The lowest BCUT2D eigenvalue weighted by atomic mass is 9.92. The second-order valence-corrected chi connectivity index (χ2v) is 9.57. The van der Waals surface area contributed by atoms with E-state index in [1.165, 1.54) is 6.42 Å². The first-order valence-electron chi connectivity index (χ1n) is 12.5. The minimum atomic E-state index is -0.174. The second-order valence-electron chi connectivity index (χ2n) is 9.57. The van der Waals surface area contributed by atoms with E-state index in [2.05, 4.69) is 32.3 Å². The van der Waals surface area contributed by atoms with Crippen LogP contribution in [0.15, 0.2) is 61.2 Å². The molecule has 36 heavy (non-hydrogen) atoms. The summed E-state index contributed by atoms with van der Waals surface area (Å²) < 4.78 is 10.4. The van der Waals surface area contributed by atoms with Gasteiger partial charge in [0.1, 0.15) is 18.4 Å². The number of carbonyl (C=O) groups is 1. The number of ether oxygens (including phenoxy) is 1. The number of rotatable bonds is 8. The summed E-state index contributed by atoms with van der Waals surface area (Å²) in [6.45, 7) is 1.25. The Hall–Kier alpha value is -4.25. The Labute approximate surface area is 209 Å². The Morgan fingerprint density at radius 1 is 1.14 bits per heavy atom. The minimum absolute atomic E-state index is 0.174. The third-order valence-corrected chi connectivity index (χ3v) is 7.03. The van der Waals surface area contributed by atoms with E-state index in [1.807, 2.05) is 47.2 Å². The molecule has 182 valence electrons. The third-order valence-electron chi connectivity index (χ3n) is 7.03. The first-order valence-corrected chi connectivity index (χ1v) is 12.5. The van der Waals surface area contributed by atoms with Gasteiger partial charge in [-0.05, 0) is 61.9 Å². The number of fused-ring (bicyclic) bond motifs is 1. The average molecular weight is 481 g/mol. The van der Waals surface area contributed by atoms with Gasteiger partial charge in [-0.2, -0.15) is 5.26 Å². The van der Waals surface area contributed by atoms with Crippen LogP contribution in [0.25, 0.3) is 22.2 Å². The molecule has 0 radical (unpaired) electrons. The largest absolute Gasteiger partial charge is 0.492 e. The van der Waals surface area contributed by atoms with Gasteiger partial charge in [0, 0.05) is 41.6 Å². The number of aromatic nitrogens is 3. The first kappa shape index (κ1) is 22.2. The zero-order valence-electron chi connectivity index (χ0n) is 20.0. The molecule has 2 fully saturated rings. The number of nitriles is 1. The van der Waals surface area contributed by atoms with Crippen LogP contribution in [0.2, 0.25) is 0 Å². The molecule has 2 amide bonds. The number of carbonyl (C=O) groups excluding carboxylic acids is 1. The molecule has 2 aromatic carbocycles. The third kappa shape index (κ3) is 4.40. The maximum Gasteiger partial charge on any atom is 0.319 e. The molecule has 2 saturated carbocycles. The Balaban J connectivity index is 1.31. The van der Waals surface area contributed by atoms with Crippen molar-refractivity contribution in [3.8, 4) is 23.1 Å². The highest BCUT2D eigenvalue weighted by molar-refractivity contribution is 5.96. The molecule has 2 heterocycles. The number of nitrogens with zero attached hydrogens (tertiary/aromatic N) is 4. The van der Waals surface area contributed by atoms with Crippen LogP contribution in [-0.4, -0.2) is 32.8 Å². The first-order chi connectivity index (χ1) is 17.7. The standard InChI is InChI=1S/C28H28N6O2/c29-17-25-24-11-10-23(36-15-14-33-13-12-30-18-33)16-26(24)34(22-2-1-3-22)27(25)19-4-6-20(7-5-19)31-28(35)32-21-8-9-21/h4-7,10-13,16,18,21-22H,1-3,8-9,14-15H2,(H2,31,32,35). The van der Waals surface area contributed by atoms with Crippen LogP contribution >= 0.6 is 0 Å². The van der Waals surface area contributed by atoms with Crippen molar-refractivity contribution in [1.82, 2.24) is 19.4 Å². The predicted octanol–water partition coefficient (Wildman–Crippen LogP) is 5.46. The molecule has 2 aliphatic carbocycles. The summed E-state index contributed by atoms with van der Waals surface area (Å²) in [4.78, 5) is 16.2. The Morgan fingerprint density at radius 3 is 2.64 bits per heavy atom. The zero-order valence-corrected chi connectivity index (χ0v) is 20.0. The van der Waals surface area contributed by atoms with Crippen LogP contribution in [0.3, 0.4) is 0 Å². The normalized spacial score (nSPS) is 15.3. The predicted molar refractivity (Wildman–Crippen MR) is 138 cm³/mol. The summed E-state index contributed by atoms with van der Waals surface area (Å²) in [6.07, 6.45) is 10.9. The fraction of sp³-hybridized carbons (Fsp3) is 0.321. The van der Waals surface area contributed by atoms with Crippen molar-refractivity contribution >= 4 is 22.6 Å². The van der Waals surface area contributed by atoms with Gasteiger partial charge in [-0.3, -0.25) is 0 Å². The summed E-state index contributed by atoms with van der Waals surface area (Å²) in [7, 11) is 0. The van der Waals surface area contributed by atoms with Gasteiger partial charge in [-0.25, -0.2) is 9.78 Å². The Kier molecular flexibility index (Phi) is 5.82. The molecule has 0 spiro atoms. The molecule has 0 bridgehead atoms. The molecular formula is C28H28N6O2. The summed E-state index contributed by atoms with van der Waals surface area (Å²) >= 11 is 0. The number of benzene rings is 2. The molecule has 0 saturated heterocycles. The molecule has 6 rings (SSSR count). The fourth-order valence-corrected chi connectivity index (χ4v) is 4.78. The molecule has 2 aromatic heterocycles. The lowest BCUT2D eigenvalue weighted by molar-refractivity contribution is 0.251. The van der Waals surface area contributed by atoms with Gasteiger partial charge in [0.2, 0.25) is 0 Å².